The van der Waals surface area contributed by atoms with Crippen LogP contribution in [0.25, 0.3) is 10.2 Å². The molecule has 0 aliphatic carbocycles. The lowest BCUT2D eigenvalue weighted by Gasteiger charge is -2.06. The summed E-state index contributed by atoms with van der Waals surface area (Å²) in [6.45, 7) is 2.03. The number of aryl methyl sites for hydroxylation is 1. The zero-order valence-corrected chi connectivity index (χ0v) is 12.5. The largest absolute Gasteiger partial charge is 0.497 e. The summed E-state index contributed by atoms with van der Waals surface area (Å²) in [6, 6.07) is 9.55. The van der Waals surface area contributed by atoms with Gasteiger partial charge in [-0.05, 0) is 37.3 Å². The van der Waals surface area contributed by atoms with E-state index in [1.54, 1.807) is 18.4 Å². The van der Waals surface area contributed by atoms with Crippen molar-refractivity contribution < 1.29 is 4.74 Å². The number of aromatic nitrogens is 2. The van der Waals surface area contributed by atoms with E-state index < -0.39 is 0 Å². The van der Waals surface area contributed by atoms with E-state index in [2.05, 4.69) is 15.3 Å². The van der Waals surface area contributed by atoms with Crippen LogP contribution in [0.2, 0.25) is 5.15 Å². The minimum atomic E-state index is 0.468. The van der Waals surface area contributed by atoms with Crippen molar-refractivity contribution in [1.29, 1.82) is 0 Å². The monoisotopic (exact) mass is 305 g/mol. The summed E-state index contributed by atoms with van der Waals surface area (Å²) in [5.41, 5.74) is 0.884. The topological polar surface area (TPSA) is 47.0 Å². The van der Waals surface area contributed by atoms with Gasteiger partial charge in [0, 0.05) is 16.0 Å². The van der Waals surface area contributed by atoms with Gasteiger partial charge < -0.3 is 10.1 Å². The van der Waals surface area contributed by atoms with Gasteiger partial charge in [-0.3, -0.25) is 0 Å². The number of thiophene rings is 1. The summed E-state index contributed by atoms with van der Waals surface area (Å²) in [5.74, 6) is 1.30. The van der Waals surface area contributed by atoms with E-state index in [0.29, 0.717) is 11.1 Å². The highest BCUT2D eigenvalue weighted by atomic mass is 35.5. The number of fused-ring (bicyclic) bond motifs is 1. The highest BCUT2D eigenvalue weighted by Crippen LogP contribution is 2.30. The molecule has 0 bridgehead atoms. The molecule has 4 nitrogen and oxygen atoms in total. The van der Waals surface area contributed by atoms with Crippen LogP contribution in [0.3, 0.4) is 0 Å². The quantitative estimate of drug-likeness (QED) is 0.728. The maximum atomic E-state index is 6.18. The Morgan fingerprint density at radius 2 is 1.95 bits per heavy atom. The van der Waals surface area contributed by atoms with Crippen molar-refractivity contribution in [2.45, 2.75) is 6.92 Å². The Kier molecular flexibility index (Phi) is 3.46. The zero-order valence-electron chi connectivity index (χ0n) is 11.0. The van der Waals surface area contributed by atoms with E-state index in [-0.39, 0.29) is 0 Å². The van der Waals surface area contributed by atoms with Gasteiger partial charge in [0.25, 0.3) is 0 Å². The Hall–Kier alpha value is -1.85. The second kappa shape index (κ2) is 5.26. The molecule has 0 unspecified atom stereocenters. The van der Waals surface area contributed by atoms with E-state index in [0.717, 1.165) is 26.5 Å². The number of rotatable bonds is 3. The molecule has 0 saturated heterocycles. The van der Waals surface area contributed by atoms with Gasteiger partial charge in [-0.1, -0.05) is 11.6 Å². The van der Waals surface area contributed by atoms with Gasteiger partial charge in [-0.25, -0.2) is 9.97 Å². The highest BCUT2D eigenvalue weighted by molar-refractivity contribution is 7.18. The van der Waals surface area contributed by atoms with Crippen molar-refractivity contribution in [3.63, 3.8) is 0 Å². The molecule has 3 rings (SSSR count). The fourth-order valence-corrected chi connectivity index (χ4v) is 3.03. The number of benzene rings is 1. The Balaban J connectivity index is 1.93. The maximum Gasteiger partial charge on any atom is 0.230 e. The molecular formula is C14H12ClN3OS. The molecule has 20 heavy (non-hydrogen) atoms. The molecule has 1 aromatic carbocycles. The lowest BCUT2D eigenvalue weighted by atomic mass is 10.3. The number of ether oxygens (including phenoxy) is 1. The molecule has 102 valence electrons. The standard InChI is InChI=1S/C14H12ClN3OS/c1-8-7-11-12(15)17-14(18-13(11)20-8)16-9-3-5-10(19-2)6-4-9/h3-7H,1-2H3,(H,16,17,18). The van der Waals surface area contributed by atoms with E-state index in [9.17, 15) is 0 Å². The fraction of sp³-hybridized carbons (Fsp3) is 0.143. The summed E-state index contributed by atoms with van der Waals surface area (Å²) >= 11 is 7.79. The molecule has 0 aliphatic heterocycles. The third-order valence-corrected chi connectivity index (χ3v) is 4.05. The van der Waals surface area contributed by atoms with Crippen molar-refractivity contribution in [1.82, 2.24) is 9.97 Å². The number of halogens is 1. The molecule has 2 heterocycles. The first kappa shape index (κ1) is 13.1. The molecular weight excluding hydrogens is 294 g/mol. The van der Waals surface area contributed by atoms with Crippen LogP contribution in [0.1, 0.15) is 4.88 Å². The predicted octanol–water partition coefficient (Wildman–Crippen LogP) is 4.41. The second-order valence-corrected chi connectivity index (χ2v) is 5.86. The first-order chi connectivity index (χ1) is 9.65. The molecule has 1 N–H and O–H groups in total. The van der Waals surface area contributed by atoms with Gasteiger partial charge in [0.2, 0.25) is 5.95 Å². The van der Waals surface area contributed by atoms with Crippen LogP contribution in [0, 0.1) is 6.92 Å². The van der Waals surface area contributed by atoms with Gasteiger partial charge in [0.05, 0.1) is 7.11 Å². The number of nitrogens with zero attached hydrogens (tertiary/aromatic N) is 2. The van der Waals surface area contributed by atoms with Crippen molar-refractivity contribution in [2.75, 3.05) is 12.4 Å². The SMILES string of the molecule is COc1ccc(Nc2nc(Cl)c3cc(C)sc3n2)cc1. The summed E-state index contributed by atoms with van der Waals surface area (Å²) in [7, 11) is 1.64. The normalized spacial score (nSPS) is 10.8. The van der Waals surface area contributed by atoms with E-state index >= 15 is 0 Å². The van der Waals surface area contributed by atoms with Crippen molar-refractivity contribution >= 4 is 44.8 Å². The van der Waals surface area contributed by atoms with Gasteiger partial charge in [0.15, 0.2) is 0 Å². The molecule has 2 aromatic heterocycles. The molecule has 0 atom stereocenters. The van der Waals surface area contributed by atoms with E-state index in [4.69, 9.17) is 16.3 Å². The molecule has 0 saturated carbocycles. The fourth-order valence-electron chi connectivity index (χ4n) is 1.87. The molecule has 0 fully saturated rings. The van der Waals surface area contributed by atoms with E-state index in [1.165, 1.54) is 0 Å². The van der Waals surface area contributed by atoms with E-state index in [1.807, 2.05) is 37.3 Å². The average Bonchev–Trinajstić information content (AvgIpc) is 2.81. The lowest BCUT2D eigenvalue weighted by Crippen LogP contribution is -1.97. The van der Waals surface area contributed by atoms with Crippen LogP contribution in [-0.4, -0.2) is 17.1 Å². The first-order valence-electron chi connectivity index (χ1n) is 6.00. The number of nitrogens with one attached hydrogen (secondary N) is 1. The van der Waals surface area contributed by atoms with Gasteiger partial charge in [-0.15, -0.1) is 11.3 Å². The lowest BCUT2D eigenvalue weighted by molar-refractivity contribution is 0.415. The van der Waals surface area contributed by atoms with Crippen LogP contribution in [-0.2, 0) is 0 Å². The van der Waals surface area contributed by atoms with Crippen molar-refractivity contribution in [3.8, 4) is 5.75 Å². The van der Waals surface area contributed by atoms with Crippen molar-refractivity contribution in [2.24, 2.45) is 0 Å². The van der Waals surface area contributed by atoms with Crippen LogP contribution in [0.4, 0.5) is 11.6 Å². The molecule has 0 spiro atoms. The summed E-state index contributed by atoms with van der Waals surface area (Å²) in [6.07, 6.45) is 0. The Morgan fingerprint density at radius 3 is 2.65 bits per heavy atom. The predicted molar refractivity (Wildman–Crippen MR) is 83.4 cm³/mol. The zero-order chi connectivity index (χ0) is 14.1. The third-order valence-electron chi connectivity index (χ3n) is 2.82. The number of anilines is 2. The molecule has 0 amide bonds. The maximum absolute atomic E-state index is 6.18. The average molecular weight is 306 g/mol. The number of hydrogen-bond donors (Lipinski definition) is 1. The van der Waals surface area contributed by atoms with Crippen LogP contribution in [0.15, 0.2) is 30.3 Å². The molecule has 0 radical (unpaired) electrons. The summed E-state index contributed by atoms with van der Waals surface area (Å²) < 4.78 is 5.12. The summed E-state index contributed by atoms with van der Waals surface area (Å²) in [5, 5.41) is 4.51. The van der Waals surface area contributed by atoms with Gasteiger partial charge in [0.1, 0.15) is 15.7 Å². The third kappa shape index (κ3) is 2.55. The minimum absolute atomic E-state index is 0.468. The summed E-state index contributed by atoms with van der Waals surface area (Å²) in [4.78, 5) is 10.8. The Bertz CT molecular complexity index is 755. The molecule has 3 aromatic rings. The minimum Gasteiger partial charge on any atom is -0.497 e. The number of methoxy groups -OCH3 is 1. The highest BCUT2D eigenvalue weighted by Gasteiger charge is 2.09. The van der Waals surface area contributed by atoms with Gasteiger partial charge >= 0.3 is 0 Å². The van der Waals surface area contributed by atoms with Crippen LogP contribution < -0.4 is 10.1 Å². The molecule has 6 heteroatoms. The second-order valence-electron chi connectivity index (χ2n) is 4.27. The first-order valence-corrected chi connectivity index (χ1v) is 7.20. The van der Waals surface area contributed by atoms with Gasteiger partial charge in [-0.2, -0.15) is 0 Å². The molecule has 0 aliphatic rings. The Morgan fingerprint density at radius 1 is 1.20 bits per heavy atom. The Labute approximate surface area is 125 Å². The number of hydrogen-bond acceptors (Lipinski definition) is 5. The van der Waals surface area contributed by atoms with Crippen LogP contribution >= 0.6 is 22.9 Å². The smallest absolute Gasteiger partial charge is 0.230 e. The van der Waals surface area contributed by atoms with Crippen LogP contribution in [0.5, 0.6) is 5.75 Å². The van der Waals surface area contributed by atoms with Crippen molar-refractivity contribution in [3.05, 3.63) is 40.4 Å².